The molecule has 0 aliphatic heterocycles. The van der Waals surface area contributed by atoms with Crippen LogP contribution in [0.4, 0.5) is 4.79 Å². The van der Waals surface area contributed by atoms with Crippen LogP contribution in [-0.2, 0) is 4.74 Å². The summed E-state index contributed by atoms with van der Waals surface area (Å²) in [5, 5.41) is 2.80. The first-order chi connectivity index (χ1) is 7.90. The van der Waals surface area contributed by atoms with Crippen molar-refractivity contribution in [1.29, 1.82) is 0 Å². The first-order valence-electron chi connectivity index (χ1n) is 6.24. The summed E-state index contributed by atoms with van der Waals surface area (Å²) in [6.07, 6.45) is 3.64. The highest BCUT2D eigenvalue weighted by Gasteiger charge is 2.25. The molecule has 1 fully saturated rings. The van der Waals surface area contributed by atoms with Crippen molar-refractivity contribution in [3.05, 3.63) is 11.4 Å². The van der Waals surface area contributed by atoms with E-state index in [-0.39, 0.29) is 12.1 Å². The Morgan fingerprint density at radius 3 is 2.41 bits per heavy atom. The third-order valence-corrected chi connectivity index (χ3v) is 2.93. The van der Waals surface area contributed by atoms with E-state index in [1.54, 1.807) is 0 Å². The molecule has 0 spiro atoms. The Bertz CT molecular complexity index is 294. The normalized spacial score (nSPS) is 24.8. The van der Waals surface area contributed by atoms with E-state index in [1.165, 1.54) is 0 Å². The predicted octanol–water partition coefficient (Wildman–Crippen LogP) is 2.99. The van der Waals surface area contributed by atoms with Crippen molar-refractivity contribution in [3.63, 3.8) is 0 Å². The molecule has 1 N–H and O–H groups in total. The summed E-state index contributed by atoms with van der Waals surface area (Å²) in [4.78, 5) is 15.0. The first-order valence-corrected chi connectivity index (χ1v) is 6.24. The Balaban J connectivity index is 2.20. The van der Waals surface area contributed by atoms with E-state index in [9.17, 15) is 4.79 Å². The summed E-state index contributed by atoms with van der Waals surface area (Å²) in [5.74, 6) is 0.500. The van der Waals surface area contributed by atoms with E-state index in [0.717, 1.165) is 25.7 Å². The molecule has 0 aromatic carbocycles. The number of amides is 1. The van der Waals surface area contributed by atoms with Crippen molar-refractivity contribution >= 4 is 6.09 Å². The standard InChI is InChI=1S/C13H22N2O2/c1-13(2,3)17-12(16)15-9-10-5-7-11(14-4)8-6-10/h10-11H,5-9H2,1-3H3,(H,15,16). The lowest BCUT2D eigenvalue weighted by atomic mass is 9.86. The second-order valence-electron chi connectivity index (χ2n) is 5.69. The van der Waals surface area contributed by atoms with Gasteiger partial charge in [0.2, 0.25) is 6.04 Å². The number of nitrogens with zero attached hydrogens (tertiary/aromatic N) is 1. The second kappa shape index (κ2) is 5.90. The van der Waals surface area contributed by atoms with Gasteiger partial charge < -0.3 is 14.9 Å². The molecule has 1 aliphatic carbocycles. The summed E-state index contributed by atoms with van der Waals surface area (Å²) < 4.78 is 5.17. The van der Waals surface area contributed by atoms with Crippen molar-refractivity contribution in [1.82, 2.24) is 5.32 Å². The van der Waals surface area contributed by atoms with Crippen LogP contribution >= 0.6 is 0 Å². The van der Waals surface area contributed by atoms with Crippen LogP contribution in [-0.4, -0.2) is 24.3 Å². The fraction of sp³-hybridized carbons (Fsp3) is 0.846. The minimum absolute atomic E-state index is 0.202. The van der Waals surface area contributed by atoms with Crippen LogP contribution in [0, 0.1) is 12.5 Å². The highest BCUT2D eigenvalue weighted by Crippen LogP contribution is 2.25. The number of nitrogens with one attached hydrogen (secondary N) is 1. The van der Waals surface area contributed by atoms with Gasteiger partial charge in [-0.15, -0.1) is 0 Å². The second-order valence-corrected chi connectivity index (χ2v) is 5.69. The lowest BCUT2D eigenvalue weighted by molar-refractivity contribution is 0.0515. The van der Waals surface area contributed by atoms with Crippen molar-refractivity contribution in [2.24, 2.45) is 5.92 Å². The maximum absolute atomic E-state index is 11.4. The minimum atomic E-state index is -0.439. The van der Waals surface area contributed by atoms with E-state index in [0.29, 0.717) is 12.5 Å². The number of hydrogen-bond acceptors (Lipinski definition) is 2. The molecule has 0 atom stereocenters. The van der Waals surface area contributed by atoms with Crippen LogP contribution in [0.3, 0.4) is 0 Å². The Morgan fingerprint density at radius 1 is 1.35 bits per heavy atom. The van der Waals surface area contributed by atoms with Crippen molar-refractivity contribution < 1.29 is 9.53 Å². The van der Waals surface area contributed by atoms with Gasteiger partial charge in [0.15, 0.2) is 0 Å². The largest absolute Gasteiger partial charge is 0.444 e. The highest BCUT2D eigenvalue weighted by molar-refractivity contribution is 5.67. The van der Waals surface area contributed by atoms with Crippen molar-refractivity contribution in [2.45, 2.75) is 58.1 Å². The topological polar surface area (TPSA) is 42.7 Å². The number of rotatable bonds is 2. The summed E-state index contributed by atoms with van der Waals surface area (Å²) >= 11 is 0. The fourth-order valence-electron chi connectivity index (χ4n) is 2.02. The van der Waals surface area contributed by atoms with Crippen molar-refractivity contribution in [3.8, 4) is 0 Å². The molecule has 0 aromatic heterocycles. The van der Waals surface area contributed by atoms with Gasteiger partial charge in [-0.2, -0.15) is 0 Å². The molecule has 0 saturated heterocycles. The third kappa shape index (κ3) is 5.58. The molecule has 17 heavy (non-hydrogen) atoms. The molecule has 1 aliphatic rings. The average molecular weight is 238 g/mol. The number of ether oxygens (including phenoxy) is 1. The highest BCUT2D eigenvalue weighted by atomic mass is 16.6. The maximum atomic E-state index is 11.4. The van der Waals surface area contributed by atoms with E-state index < -0.39 is 5.60 Å². The molecular weight excluding hydrogens is 216 g/mol. The molecule has 1 rings (SSSR count). The molecule has 4 nitrogen and oxygen atoms in total. The molecule has 0 radical (unpaired) electrons. The predicted molar refractivity (Wildman–Crippen MR) is 66.6 cm³/mol. The molecule has 1 saturated carbocycles. The van der Waals surface area contributed by atoms with Crippen molar-refractivity contribution in [2.75, 3.05) is 6.54 Å². The third-order valence-electron chi connectivity index (χ3n) is 2.93. The smallest absolute Gasteiger partial charge is 0.407 e. The molecule has 96 valence electrons. The molecule has 4 heteroatoms. The molecule has 0 heterocycles. The van der Waals surface area contributed by atoms with Gasteiger partial charge in [0.25, 0.3) is 0 Å². The molecule has 0 bridgehead atoms. The lowest BCUT2D eigenvalue weighted by Gasteiger charge is -2.24. The van der Waals surface area contributed by atoms with Crippen LogP contribution in [0.25, 0.3) is 4.85 Å². The van der Waals surface area contributed by atoms with Gasteiger partial charge in [-0.25, -0.2) is 11.4 Å². The van der Waals surface area contributed by atoms with Gasteiger partial charge in [0.05, 0.1) is 0 Å². The monoisotopic (exact) mass is 238 g/mol. The van der Waals surface area contributed by atoms with Crippen LogP contribution in [0.2, 0.25) is 0 Å². The van der Waals surface area contributed by atoms with Gasteiger partial charge in [0.1, 0.15) is 5.60 Å². The van der Waals surface area contributed by atoms with E-state index >= 15 is 0 Å². The Morgan fingerprint density at radius 2 is 1.94 bits per heavy atom. The van der Waals surface area contributed by atoms with E-state index in [4.69, 9.17) is 11.3 Å². The first kappa shape index (κ1) is 13.8. The Labute approximate surface area is 104 Å². The Hall–Kier alpha value is -1.24. The van der Waals surface area contributed by atoms with Crippen LogP contribution < -0.4 is 5.32 Å². The lowest BCUT2D eigenvalue weighted by Crippen LogP contribution is -2.36. The van der Waals surface area contributed by atoms with E-state index in [1.807, 2.05) is 20.8 Å². The van der Waals surface area contributed by atoms with Gasteiger partial charge in [0, 0.05) is 19.4 Å². The zero-order valence-corrected chi connectivity index (χ0v) is 11.0. The number of hydrogen-bond donors (Lipinski definition) is 1. The number of carbonyl (C=O) groups is 1. The molecule has 0 unspecified atom stereocenters. The van der Waals surface area contributed by atoms with Gasteiger partial charge in [-0.3, -0.25) is 0 Å². The van der Waals surface area contributed by atoms with Crippen LogP contribution in [0.15, 0.2) is 0 Å². The van der Waals surface area contributed by atoms with Gasteiger partial charge in [-0.05, 0) is 39.5 Å². The zero-order valence-electron chi connectivity index (χ0n) is 11.0. The minimum Gasteiger partial charge on any atom is -0.444 e. The van der Waals surface area contributed by atoms with Crippen LogP contribution in [0.5, 0.6) is 0 Å². The zero-order chi connectivity index (χ0) is 12.9. The van der Waals surface area contributed by atoms with E-state index in [2.05, 4.69) is 10.2 Å². The summed E-state index contributed by atoms with van der Waals surface area (Å²) in [6, 6.07) is 0.202. The molecule has 0 aromatic rings. The fourth-order valence-corrected chi connectivity index (χ4v) is 2.02. The average Bonchev–Trinajstić information content (AvgIpc) is 2.25. The summed E-state index contributed by atoms with van der Waals surface area (Å²) in [5.41, 5.74) is -0.439. The number of alkyl carbamates (subject to hydrolysis) is 1. The van der Waals surface area contributed by atoms with Gasteiger partial charge >= 0.3 is 6.09 Å². The van der Waals surface area contributed by atoms with Gasteiger partial charge in [-0.1, -0.05) is 0 Å². The van der Waals surface area contributed by atoms with Crippen LogP contribution in [0.1, 0.15) is 46.5 Å². The summed E-state index contributed by atoms with van der Waals surface area (Å²) in [6.45, 7) is 13.2. The molecular formula is C13H22N2O2. The molecule has 1 amide bonds. The quantitative estimate of drug-likeness (QED) is 0.751. The maximum Gasteiger partial charge on any atom is 0.407 e. The SMILES string of the molecule is [C-]#[N+]C1CCC(CNC(=O)OC(C)(C)C)CC1. The summed E-state index contributed by atoms with van der Waals surface area (Å²) in [7, 11) is 0. The number of carbonyl (C=O) groups excluding carboxylic acids is 1. The Kier molecular flexibility index (Phi) is 4.80.